The summed E-state index contributed by atoms with van der Waals surface area (Å²) >= 11 is 0. The van der Waals surface area contributed by atoms with Crippen LogP contribution in [0.15, 0.2) is 64.2 Å². The molecule has 0 amide bonds. The highest BCUT2D eigenvalue weighted by molar-refractivity contribution is 7.43. The fourth-order valence-corrected chi connectivity index (χ4v) is 13.0. The van der Waals surface area contributed by atoms with Crippen molar-refractivity contribution >= 4 is 15.4 Å². The first-order valence-electron chi connectivity index (χ1n) is 7.77. The molecule has 7 nitrogen and oxygen atoms in total. The Morgan fingerprint density at radius 1 is 0.920 bits per heavy atom. The molecule has 0 atom stereocenters. The second kappa shape index (κ2) is 7.76. The van der Waals surface area contributed by atoms with E-state index in [0.29, 0.717) is 0 Å². The Hall–Kier alpha value is -2.24. The van der Waals surface area contributed by atoms with Gasteiger partial charge in [0.15, 0.2) is 0 Å². The van der Waals surface area contributed by atoms with Crippen molar-refractivity contribution in [2.24, 2.45) is 0 Å². The van der Waals surface area contributed by atoms with Gasteiger partial charge in [0.2, 0.25) is 7.83 Å². The molecule has 0 spiro atoms. The van der Waals surface area contributed by atoms with Crippen LogP contribution < -0.4 is 17.1 Å². The third-order valence-electron chi connectivity index (χ3n) is 4.54. The lowest BCUT2D eigenvalue weighted by atomic mass is 10.0. The van der Waals surface area contributed by atoms with Crippen molar-refractivity contribution < 1.29 is 4.43 Å². The first kappa shape index (κ1) is 20.8. The highest BCUT2D eigenvalue weighted by Crippen LogP contribution is 2.41. The Morgan fingerprint density at radius 2 is 1.32 bits per heavy atom. The van der Waals surface area contributed by atoms with Gasteiger partial charge in [-0.05, 0) is 6.42 Å². The number of H-pyrrole nitrogens is 3. The van der Waals surface area contributed by atoms with Crippen LogP contribution in [0, 0.1) is 0 Å². The summed E-state index contributed by atoms with van der Waals surface area (Å²) in [5.41, 5.74) is 1.30. The summed E-state index contributed by atoms with van der Waals surface area (Å²) in [4.78, 5) is 35.9. The zero-order chi connectivity index (χ0) is 19.3. The summed E-state index contributed by atoms with van der Waals surface area (Å²) in [5, 5.41) is 0. The first-order valence-corrected chi connectivity index (χ1v) is 14.0. The van der Waals surface area contributed by atoms with Crippen molar-refractivity contribution in [2.45, 2.75) is 31.2 Å². The lowest BCUT2D eigenvalue weighted by Gasteiger charge is -2.50. The largest absolute Gasteiger partial charge is 0.400 e. The average molecular weight is 380 g/mol. The van der Waals surface area contributed by atoms with Gasteiger partial charge in [-0.15, -0.1) is 13.2 Å². The molecule has 1 aliphatic heterocycles. The van der Waals surface area contributed by atoms with E-state index >= 15 is 0 Å². The molecule has 1 aromatic heterocycles. The maximum absolute atomic E-state index is 10.2. The summed E-state index contributed by atoms with van der Waals surface area (Å²) < 4.78 is 6.40. The highest BCUT2D eigenvalue weighted by Gasteiger charge is 2.54. The SMILES string of the molecule is C=CC1(C=C)CC[Si](C)(C)[Si](C=C)(C=C)O1.O=c1[nH]c(=O)[nH]c(=O)[nH]1. The molecule has 0 aliphatic carbocycles. The molecule has 2 rings (SSSR count). The molecule has 0 saturated carbocycles. The van der Waals surface area contributed by atoms with Crippen LogP contribution in [0.1, 0.15) is 6.42 Å². The van der Waals surface area contributed by atoms with Crippen LogP contribution in [-0.4, -0.2) is 36.0 Å². The van der Waals surface area contributed by atoms with Gasteiger partial charge in [0.25, 0.3) is 0 Å². The van der Waals surface area contributed by atoms with Gasteiger partial charge in [-0.25, -0.2) is 14.4 Å². The Labute approximate surface area is 147 Å². The molecule has 2 heterocycles. The third kappa shape index (κ3) is 4.44. The molecule has 1 saturated heterocycles. The van der Waals surface area contributed by atoms with E-state index in [0.717, 1.165) is 6.42 Å². The predicted octanol–water partition coefficient (Wildman–Crippen LogP) is 1.45. The molecular formula is C16H25N3O4Si2. The third-order valence-corrected chi connectivity index (χ3v) is 18.7. The van der Waals surface area contributed by atoms with E-state index < -0.39 is 32.5 Å². The van der Waals surface area contributed by atoms with Crippen molar-refractivity contribution in [3.63, 3.8) is 0 Å². The molecule has 0 radical (unpaired) electrons. The van der Waals surface area contributed by atoms with Crippen LogP contribution in [0.3, 0.4) is 0 Å². The van der Waals surface area contributed by atoms with Gasteiger partial charge in [0, 0.05) is 0 Å². The Kier molecular flexibility index (Phi) is 6.46. The smallest absolute Gasteiger partial charge is 0.330 e. The number of aromatic amines is 3. The molecule has 9 heteroatoms. The number of rotatable bonds is 4. The Morgan fingerprint density at radius 3 is 1.64 bits per heavy atom. The average Bonchev–Trinajstić information content (AvgIpc) is 2.55. The van der Waals surface area contributed by atoms with Crippen LogP contribution >= 0.6 is 0 Å². The Balaban J connectivity index is 0.000000293. The molecule has 136 valence electrons. The van der Waals surface area contributed by atoms with Gasteiger partial charge < -0.3 is 4.43 Å². The summed E-state index contributed by atoms with van der Waals surface area (Å²) in [6.45, 7) is 20.5. The quantitative estimate of drug-likeness (QED) is 0.543. The number of hydrogen-bond donors (Lipinski definition) is 3. The standard InChI is InChI=1S/C13H22OSi2.C3H3N3O3/c1-7-13(8-2)11-12-15(5,6)16(9-3,10-4)14-13;7-1-4-2(8)6-3(9)5-1/h7-10H,1-4,11-12H2,5-6H3;(H3,4,5,6,7,8,9). The zero-order valence-corrected chi connectivity index (χ0v) is 16.7. The van der Waals surface area contributed by atoms with Crippen molar-refractivity contribution in [1.82, 2.24) is 15.0 Å². The van der Waals surface area contributed by atoms with E-state index in [2.05, 4.69) is 39.4 Å². The minimum atomic E-state index is -2.01. The number of hydrogen-bond acceptors (Lipinski definition) is 4. The van der Waals surface area contributed by atoms with Gasteiger partial charge in [-0.1, -0.05) is 55.8 Å². The lowest BCUT2D eigenvalue weighted by Crippen LogP contribution is -2.66. The molecule has 0 unspecified atom stereocenters. The maximum Gasteiger partial charge on any atom is 0.330 e. The summed E-state index contributed by atoms with van der Waals surface area (Å²) in [5.74, 6) is 0. The predicted molar refractivity (Wildman–Crippen MR) is 106 cm³/mol. The number of nitrogens with one attached hydrogen (secondary N) is 3. The molecular weight excluding hydrogens is 354 g/mol. The molecule has 3 N–H and O–H groups in total. The molecule has 0 bridgehead atoms. The second-order valence-corrected chi connectivity index (χ2v) is 19.7. The van der Waals surface area contributed by atoms with E-state index in [4.69, 9.17) is 4.43 Å². The van der Waals surface area contributed by atoms with E-state index in [1.165, 1.54) is 6.04 Å². The normalized spacial score (nSPS) is 19.6. The van der Waals surface area contributed by atoms with Gasteiger partial charge in [0.05, 0.1) is 13.2 Å². The minimum Gasteiger partial charge on any atom is -0.400 e. The molecule has 0 aromatic carbocycles. The topological polar surface area (TPSA) is 108 Å². The van der Waals surface area contributed by atoms with E-state index in [1.54, 1.807) is 15.0 Å². The van der Waals surface area contributed by atoms with E-state index in [1.807, 2.05) is 23.6 Å². The van der Waals surface area contributed by atoms with Crippen molar-refractivity contribution in [2.75, 3.05) is 0 Å². The fourth-order valence-electron chi connectivity index (χ4n) is 2.70. The minimum absolute atomic E-state index is 0.364. The van der Waals surface area contributed by atoms with Crippen molar-refractivity contribution in [3.8, 4) is 0 Å². The van der Waals surface area contributed by atoms with Gasteiger partial charge in [-0.2, -0.15) is 0 Å². The maximum atomic E-state index is 10.2. The van der Waals surface area contributed by atoms with Crippen LogP contribution in [0.5, 0.6) is 0 Å². The summed E-state index contributed by atoms with van der Waals surface area (Å²) in [7, 11) is -3.42. The molecule has 1 fully saturated rings. The van der Waals surface area contributed by atoms with Gasteiger partial charge in [-0.3, -0.25) is 15.0 Å². The second-order valence-electron chi connectivity index (χ2n) is 6.41. The highest BCUT2D eigenvalue weighted by atomic mass is 29.3. The summed E-state index contributed by atoms with van der Waals surface area (Å²) in [6.07, 6.45) is 4.74. The lowest BCUT2D eigenvalue weighted by molar-refractivity contribution is 0.160. The van der Waals surface area contributed by atoms with E-state index in [-0.39, 0.29) is 5.60 Å². The fraction of sp³-hybridized carbons (Fsp3) is 0.312. The Bertz CT molecular complexity index is 740. The first-order chi connectivity index (χ1) is 11.6. The van der Waals surface area contributed by atoms with Crippen LogP contribution in [0.2, 0.25) is 19.1 Å². The molecule has 1 aliphatic rings. The summed E-state index contributed by atoms with van der Waals surface area (Å²) in [6, 6.07) is 1.22. The van der Waals surface area contributed by atoms with Crippen LogP contribution in [-0.2, 0) is 4.43 Å². The zero-order valence-electron chi connectivity index (χ0n) is 14.7. The van der Waals surface area contributed by atoms with Crippen LogP contribution in [0.25, 0.3) is 0 Å². The molecule has 1 aromatic rings. The van der Waals surface area contributed by atoms with Gasteiger partial charge in [0.1, 0.15) is 0 Å². The molecule has 25 heavy (non-hydrogen) atoms. The van der Waals surface area contributed by atoms with Gasteiger partial charge >= 0.3 is 17.1 Å². The van der Waals surface area contributed by atoms with E-state index in [9.17, 15) is 14.4 Å². The van der Waals surface area contributed by atoms with Crippen molar-refractivity contribution in [1.29, 1.82) is 0 Å². The van der Waals surface area contributed by atoms with Crippen LogP contribution in [0.4, 0.5) is 0 Å². The number of aromatic nitrogens is 3. The monoisotopic (exact) mass is 379 g/mol. The van der Waals surface area contributed by atoms with Crippen molar-refractivity contribution in [3.05, 3.63) is 81.3 Å².